The summed E-state index contributed by atoms with van der Waals surface area (Å²) in [5.74, 6) is 0.286. The van der Waals surface area contributed by atoms with E-state index in [9.17, 15) is 4.79 Å². The van der Waals surface area contributed by atoms with Gasteiger partial charge < -0.3 is 4.90 Å². The number of hydrogen-bond donors (Lipinski definition) is 0. The van der Waals surface area contributed by atoms with Crippen molar-refractivity contribution >= 4 is 5.91 Å². The van der Waals surface area contributed by atoms with Gasteiger partial charge in [0.1, 0.15) is 0 Å². The van der Waals surface area contributed by atoms with Crippen LogP contribution < -0.4 is 0 Å². The molecule has 2 rings (SSSR count). The van der Waals surface area contributed by atoms with E-state index in [0.717, 1.165) is 31.4 Å². The molecule has 1 fully saturated rings. The van der Waals surface area contributed by atoms with Crippen molar-refractivity contribution < 1.29 is 4.79 Å². The number of amides is 1. The highest BCUT2D eigenvalue weighted by atomic mass is 16.2. The maximum atomic E-state index is 11.5. The van der Waals surface area contributed by atoms with Crippen molar-refractivity contribution in [3.05, 3.63) is 35.6 Å². The van der Waals surface area contributed by atoms with Crippen LogP contribution in [0.2, 0.25) is 0 Å². The zero-order chi connectivity index (χ0) is 10.8. The van der Waals surface area contributed by atoms with Gasteiger partial charge in [0.05, 0.1) is 0 Å². The molecule has 2 aliphatic rings. The van der Waals surface area contributed by atoms with E-state index in [2.05, 4.69) is 18.7 Å². The Morgan fingerprint density at radius 2 is 2.13 bits per heavy atom. The lowest BCUT2D eigenvalue weighted by Gasteiger charge is -2.23. The smallest absolute Gasteiger partial charge is 0.226 e. The van der Waals surface area contributed by atoms with E-state index >= 15 is 0 Å². The van der Waals surface area contributed by atoms with E-state index in [1.165, 1.54) is 11.3 Å². The standard InChI is InChI=1S/C13H17NO/c1-10(2)11-5-7-12(8-6-11)14-9-3-4-13(14)15/h5,7H,1,3-4,6,8-9H2,2H3. The summed E-state index contributed by atoms with van der Waals surface area (Å²) in [5.41, 5.74) is 3.63. The highest BCUT2D eigenvalue weighted by Gasteiger charge is 2.24. The number of likely N-dealkylation sites (tertiary alicyclic amines) is 1. The Bertz CT molecular complexity index is 363. The molecule has 0 aromatic rings. The minimum atomic E-state index is 0.286. The van der Waals surface area contributed by atoms with Gasteiger partial charge in [0.2, 0.25) is 5.91 Å². The van der Waals surface area contributed by atoms with Crippen LogP contribution in [0.15, 0.2) is 35.6 Å². The van der Waals surface area contributed by atoms with Gasteiger partial charge >= 0.3 is 0 Å². The van der Waals surface area contributed by atoms with Crippen LogP contribution in [0.3, 0.4) is 0 Å². The molecular formula is C13H17NO. The molecule has 2 heteroatoms. The van der Waals surface area contributed by atoms with Gasteiger partial charge in [-0.2, -0.15) is 0 Å². The van der Waals surface area contributed by atoms with Crippen LogP contribution >= 0.6 is 0 Å². The van der Waals surface area contributed by atoms with Gasteiger partial charge in [-0.1, -0.05) is 18.2 Å². The molecule has 0 atom stereocenters. The normalized spacial score (nSPS) is 21.4. The Hall–Kier alpha value is -1.31. The second-order valence-electron chi connectivity index (χ2n) is 4.28. The van der Waals surface area contributed by atoms with E-state index in [1.54, 1.807) is 0 Å². The van der Waals surface area contributed by atoms with Gasteiger partial charge in [-0.25, -0.2) is 0 Å². The van der Waals surface area contributed by atoms with E-state index < -0.39 is 0 Å². The Morgan fingerprint density at radius 3 is 2.60 bits per heavy atom. The zero-order valence-electron chi connectivity index (χ0n) is 9.25. The summed E-state index contributed by atoms with van der Waals surface area (Å²) in [6.45, 7) is 6.88. The first-order chi connectivity index (χ1) is 7.18. The van der Waals surface area contributed by atoms with Crippen LogP contribution in [0.1, 0.15) is 32.6 Å². The molecule has 0 aromatic heterocycles. The molecule has 0 spiro atoms. The number of carbonyl (C=O) groups excluding carboxylic acids is 1. The molecule has 0 unspecified atom stereocenters. The summed E-state index contributed by atoms with van der Waals surface area (Å²) in [6, 6.07) is 0. The number of carbonyl (C=O) groups is 1. The first-order valence-corrected chi connectivity index (χ1v) is 5.54. The Morgan fingerprint density at radius 1 is 1.33 bits per heavy atom. The summed E-state index contributed by atoms with van der Waals surface area (Å²) in [6.07, 6.45) is 7.90. The molecule has 1 saturated heterocycles. The molecule has 1 amide bonds. The van der Waals surface area contributed by atoms with Crippen molar-refractivity contribution in [2.45, 2.75) is 32.6 Å². The molecule has 80 valence electrons. The molecule has 0 aromatic carbocycles. The quantitative estimate of drug-likeness (QED) is 0.675. The first kappa shape index (κ1) is 10.2. The molecule has 0 N–H and O–H groups in total. The predicted octanol–water partition coefficient (Wildman–Crippen LogP) is 2.79. The number of rotatable bonds is 2. The Balaban J connectivity index is 2.13. The van der Waals surface area contributed by atoms with Gasteiger partial charge in [0.15, 0.2) is 0 Å². The van der Waals surface area contributed by atoms with Crippen molar-refractivity contribution in [3.63, 3.8) is 0 Å². The first-order valence-electron chi connectivity index (χ1n) is 5.54. The predicted molar refractivity (Wildman–Crippen MR) is 61.2 cm³/mol. The minimum absolute atomic E-state index is 0.286. The largest absolute Gasteiger partial charge is 0.316 e. The Kier molecular flexibility index (Phi) is 2.76. The second-order valence-corrected chi connectivity index (χ2v) is 4.28. The molecule has 1 heterocycles. The van der Waals surface area contributed by atoms with Crippen LogP contribution in [0, 0.1) is 0 Å². The summed E-state index contributed by atoms with van der Waals surface area (Å²) in [5, 5.41) is 0. The van der Waals surface area contributed by atoms with E-state index in [1.807, 2.05) is 11.8 Å². The van der Waals surface area contributed by atoms with E-state index in [-0.39, 0.29) is 5.91 Å². The minimum Gasteiger partial charge on any atom is -0.316 e. The maximum absolute atomic E-state index is 11.5. The summed E-state index contributed by atoms with van der Waals surface area (Å²) in [7, 11) is 0. The van der Waals surface area contributed by atoms with Gasteiger partial charge in [-0.15, -0.1) is 0 Å². The topological polar surface area (TPSA) is 20.3 Å². The number of hydrogen-bond acceptors (Lipinski definition) is 1. The lowest BCUT2D eigenvalue weighted by Crippen LogP contribution is -2.24. The molecule has 15 heavy (non-hydrogen) atoms. The second kappa shape index (κ2) is 4.05. The van der Waals surface area contributed by atoms with Crippen molar-refractivity contribution in [2.24, 2.45) is 0 Å². The molecule has 0 saturated carbocycles. The molecular weight excluding hydrogens is 186 g/mol. The third-order valence-corrected chi connectivity index (χ3v) is 3.10. The average molecular weight is 203 g/mol. The third kappa shape index (κ3) is 2.04. The van der Waals surface area contributed by atoms with Crippen LogP contribution in [0.4, 0.5) is 0 Å². The Labute approximate surface area is 91.0 Å². The number of nitrogens with zero attached hydrogens (tertiary/aromatic N) is 1. The fourth-order valence-electron chi connectivity index (χ4n) is 2.16. The fourth-order valence-corrected chi connectivity index (χ4v) is 2.16. The fraction of sp³-hybridized carbons (Fsp3) is 0.462. The molecule has 2 nitrogen and oxygen atoms in total. The van der Waals surface area contributed by atoms with Gasteiger partial charge in [0, 0.05) is 18.7 Å². The van der Waals surface area contributed by atoms with Crippen molar-refractivity contribution in [2.75, 3.05) is 6.54 Å². The number of allylic oxidation sites excluding steroid dienone is 5. The molecule has 0 bridgehead atoms. The van der Waals surface area contributed by atoms with Gasteiger partial charge in [0.25, 0.3) is 0 Å². The molecule has 1 aliphatic carbocycles. The molecule has 1 aliphatic heterocycles. The maximum Gasteiger partial charge on any atom is 0.226 e. The SMILES string of the molecule is C=C(C)C1=CC=C(N2CCCC2=O)CC1. The van der Waals surface area contributed by atoms with Crippen molar-refractivity contribution in [1.29, 1.82) is 0 Å². The lowest BCUT2D eigenvalue weighted by atomic mass is 9.97. The van der Waals surface area contributed by atoms with Crippen LogP contribution in [0.5, 0.6) is 0 Å². The van der Waals surface area contributed by atoms with Gasteiger partial charge in [-0.3, -0.25) is 4.79 Å². The van der Waals surface area contributed by atoms with Gasteiger partial charge in [-0.05, 0) is 37.8 Å². The third-order valence-electron chi connectivity index (χ3n) is 3.10. The van der Waals surface area contributed by atoms with Crippen LogP contribution in [0.25, 0.3) is 0 Å². The molecule has 0 radical (unpaired) electrons. The zero-order valence-corrected chi connectivity index (χ0v) is 9.25. The monoisotopic (exact) mass is 203 g/mol. The lowest BCUT2D eigenvalue weighted by molar-refractivity contribution is -0.126. The average Bonchev–Trinajstić information content (AvgIpc) is 2.65. The van der Waals surface area contributed by atoms with E-state index in [0.29, 0.717) is 6.42 Å². The highest BCUT2D eigenvalue weighted by molar-refractivity contribution is 5.80. The van der Waals surface area contributed by atoms with Crippen LogP contribution in [-0.4, -0.2) is 17.4 Å². The van der Waals surface area contributed by atoms with Crippen molar-refractivity contribution in [1.82, 2.24) is 4.90 Å². The summed E-state index contributed by atoms with van der Waals surface area (Å²) < 4.78 is 0. The van der Waals surface area contributed by atoms with E-state index in [4.69, 9.17) is 0 Å². The summed E-state index contributed by atoms with van der Waals surface area (Å²) in [4.78, 5) is 13.5. The van der Waals surface area contributed by atoms with Crippen LogP contribution in [-0.2, 0) is 4.79 Å². The highest BCUT2D eigenvalue weighted by Crippen LogP contribution is 2.27. The summed E-state index contributed by atoms with van der Waals surface area (Å²) >= 11 is 0. The van der Waals surface area contributed by atoms with Crippen molar-refractivity contribution in [3.8, 4) is 0 Å².